The first-order chi connectivity index (χ1) is 14.8. The van der Waals surface area contributed by atoms with Crippen molar-refractivity contribution >= 4 is 22.7 Å². The van der Waals surface area contributed by atoms with Gasteiger partial charge in [0.05, 0.1) is 5.56 Å². The Hall–Kier alpha value is -3.93. The maximum atomic E-state index is 13.1. The monoisotopic (exact) mass is 413 g/mol. The van der Waals surface area contributed by atoms with E-state index in [0.717, 1.165) is 10.1 Å². The van der Waals surface area contributed by atoms with Crippen molar-refractivity contribution in [3.05, 3.63) is 88.3 Å². The average molecular weight is 413 g/mol. The molecule has 6 nitrogen and oxygen atoms in total. The number of pyridine rings is 2. The first kappa shape index (κ1) is 20.3. The Morgan fingerprint density at radius 2 is 1.68 bits per heavy atom. The summed E-state index contributed by atoms with van der Waals surface area (Å²) in [5.74, 6) is 0.0756. The van der Waals surface area contributed by atoms with Gasteiger partial charge in [0, 0.05) is 23.2 Å². The standard InChI is InChI=1S/C25H23N3O3/c1-25(2,3)16-11-12-21(29)20(14-16)27-15-19-17-8-4-5-9-18(17)23(30)28(24(19)31)22-10-6-7-13-26-22/h4-15,29,31H,1-3H3. The molecule has 0 saturated carbocycles. The van der Waals surface area contributed by atoms with Gasteiger partial charge in [0.2, 0.25) is 5.88 Å². The molecular weight excluding hydrogens is 390 g/mol. The topological polar surface area (TPSA) is 87.7 Å². The van der Waals surface area contributed by atoms with E-state index in [1.807, 2.05) is 12.1 Å². The number of aromatic nitrogens is 2. The number of rotatable bonds is 3. The minimum Gasteiger partial charge on any atom is -0.506 e. The second kappa shape index (κ2) is 7.72. The molecule has 4 rings (SSSR count). The number of hydrogen-bond acceptors (Lipinski definition) is 5. The molecule has 31 heavy (non-hydrogen) atoms. The van der Waals surface area contributed by atoms with E-state index < -0.39 is 0 Å². The quantitative estimate of drug-likeness (QED) is 0.470. The van der Waals surface area contributed by atoms with E-state index in [2.05, 4.69) is 30.7 Å². The van der Waals surface area contributed by atoms with Crippen LogP contribution < -0.4 is 5.56 Å². The van der Waals surface area contributed by atoms with Crippen LogP contribution in [0.4, 0.5) is 5.69 Å². The predicted octanol–water partition coefficient (Wildman–Crippen LogP) is 4.85. The summed E-state index contributed by atoms with van der Waals surface area (Å²) in [5, 5.41) is 22.3. The van der Waals surface area contributed by atoms with E-state index in [4.69, 9.17) is 0 Å². The maximum absolute atomic E-state index is 13.1. The molecule has 0 radical (unpaired) electrons. The lowest BCUT2D eigenvalue weighted by atomic mass is 9.87. The highest BCUT2D eigenvalue weighted by Gasteiger charge is 2.18. The molecule has 2 aromatic carbocycles. The molecule has 2 N–H and O–H groups in total. The predicted molar refractivity (Wildman–Crippen MR) is 123 cm³/mol. The van der Waals surface area contributed by atoms with Crippen molar-refractivity contribution in [3.63, 3.8) is 0 Å². The maximum Gasteiger partial charge on any atom is 0.267 e. The molecule has 0 atom stereocenters. The highest BCUT2D eigenvalue weighted by atomic mass is 16.3. The van der Waals surface area contributed by atoms with Crippen molar-refractivity contribution in [3.8, 4) is 17.4 Å². The van der Waals surface area contributed by atoms with E-state index in [9.17, 15) is 15.0 Å². The Kier molecular flexibility index (Phi) is 5.07. The molecule has 2 heterocycles. The zero-order valence-electron chi connectivity index (χ0n) is 17.6. The number of hydrogen-bond donors (Lipinski definition) is 2. The summed E-state index contributed by atoms with van der Waals surface area (Å²) in [6.07, 6.45) is 3.03. The van der Waals surface area contributed by atoms with Gasteiger partial charge in [-0.2, -0.15) is 0 Å². The van der Waals surface area contributed by atoms with Crippen LogP contribution in [0.15, 0.2) is 76.6 Å². The average Bonchev–Trinajstić information content (AvgIpc) is 2.75. The summed E-state index contributed by atoms with van der Waals surface area (Å²) in [7, 11) is 0. The molecular formula is C25H23N3O3. The van der Waals surface area contributed by atoms with Crippen molar-refractivity contribution in [2.45, 2.75) is 26.2 Å². The van der Waals surface area contributed by atoms with Gasteiger partial charge in [-0.05, 0) is 41.3 Å². The Bertz CT molecular complexity index is 1350. The summed E-state index contributed by atoms with van der Waals surface area (Å²) in [5.41, 5.74) is 1.28. The van der Waals surface area contributed by atoms with Crippen molar-refractivity contribution < 1.29 is 10.2 Å². The molecule has 0 unspecified atom stereocenters. The van der Waals surface area contributed by atoms with Gasteiger partial charge in [-0.3, -0.25) is 9.79 Å². The third-order valence-corrected chi connectivity index (χ3v) is 5.16. The van der Waals surface area contributed by atoms with Crippen LogP contribution in [0.3, 0.4) is 0 Å². The van der Waals surface area contributed by atoms with Crippen LogP contribution in [0.25, 0.3) is 16.6 Å². The van der Waals surface area contributed by atoms with Gasteiger partial charge in [0.15, 0.2) is 0 Å². The number of nitrogens with zero attached hydrogens (tertiary/aromatic N) is 3. The summed E-state index contributed by atoms with van der Waals surface area (Å²) in [6, 6.07) is 17.4. The fourth-order valence-corrected chi connectivity index (χ4v) is 3.42. The molecule has 6 heteroatoms. The van der Waals surface area contributed by atoms with Gasteiger partial charge in [-0.25, -0.2) is 9.55 Å². The van der Waals surface area contributed by atoms with E-state index in [0.29, 0.717) is 27.8 Å². The molecule has 4 aromatic rings. The van der Waals surface area contributed by atoms with Crippen molar-refractivity contribution in [1.82, 2.24) is 9.55 Å². The summed E-state index contributed by atoms with van der Waals surface area (Å²) >= 11 is 0. The van der Waals surface area contributed by atoms with Crippen LogP contribution in [-0.4, -0.2) is 26.0 Å². The van der Waals surface area contributed by atoms with E-state index in [1.54, 1.807) is 54.7 Å². The van der Waals surface area contributed by atoms with E-state index in [1.165, 1.54) is 6.21 Å². The van der Waals surface area contributed by atoms with Crippen LogP contribution in [-0.2, 0) is 5.41 Å². The van der Waals surface area contributed by atoms with Gasteiger partial charge >= 0.3 is 0 Å². The lowest BCUT2D eigenvalue weighted by molar-refractivity contribution is 0.435. The molecule has 0 aliphatic carbocycles. The van der Waals surface area contributed by atoms with Gasteiger partial charge in [-0.15, -0.1) is 0 Å². The van der Waals surface area contributed by atoms with Gasteiger partial charge < -0.3 is 10.2 Å². The minimum atomic E-state index is -0.374. The van der Waals surface area contributed by atoms with Crippen LogP contribution >= 0.6 is 0 Å². The third-order valence-electron chi connectivity index (χ3n) is 5.16. The van der Waals surface area contributed by atoms with Crippen molar-refractivity contribution in [2.75, 3.05) is 0 Å². The molecule has 2 aromatic heterocycles. The number of aromatic hydroxyl groups is 2. The second-order valence-corrected chi connectivity index (χ2v) is 8.32. The molecule has 0 amide bonds. The van der Waals surface area contributed by atoms with Crippen LogP contribution in [0.2, 0.25) is 0 Å². The van der Waals surface area contributed by atoms with Crippen molar-refractivity contribution in [2.24, 2.45) is 4.99 Å². The van der Waals surface area contributed by atoms with Gasteiger partial charge in [0.25, 0.3) is 5.56 Å². The lowest BCUT2D eigenvalue weighted by Crippen LogP contribution is -2.20. The highest BCUT2D eigenvalue weighted by molar-refractivity contribution is 6.02. The molecule has 0 fully saturated rings. The first-order valence-electron chi connectivity index (χ1n) is 9.93. The summed E-state index contributed by atoms with van der Waals surface area (Å²) < 4.78 is 1.16. The Morgan fingerprint density at radius 1 is 0.968 bits per heavy atom. The number of phenols is 1. The van der Waals surface area contributed by atoms with Crippen LogP contribution in [0, 0.1) is 0 Å². The molecule has 0 saturated heterocycles. The third kappa shape index (κ3) is 3.80. The summed E-state index contributed by atoms with van der Waals surface area (Å²) in [4.78, 5) is 21.7. The van der Waals surface area contributed by atoms with Crippen LogP contribution in [0.1, 0.15) is 31.9 Å². The molecule has 156 valence electrons. The van der Waals surface area contributed by atoms with Crippen LogP contribution in [0.5, 0.6) is 11.6 Å². The summed E-state index contributed by atoms with van der Waals surface area (Å²) in [6.45, 7) is 6.24. The molecule has 0 aliphatic rings. The van der Waals surface area contributed by atoms with Crippen molar-refractivity contribution in [1.29, 1.82) is 0 Å². The minimum absolute atomic E-state index is 0.0334. The molecule has 0 spiro atoms. The SMILES string of the molecule is CC(C)(C)c1ccc(O)c(N=Cc2c(O)n(-c3ccccn3)c(=O)c3ccccc23)c1. The van der Waals surface area contributed by atoms with E-state index >= 15 is 0 Å². The normalized spacial score (nSPS) is 12.0. The second-order valence-electron chi connectivity index (χ2n) is 8.32. The number of phenolic OH excluding ortho intramolecular Hbond substituents is 1. The van der Waals surface area contributed by atoms with E-state index in [-0.39, 0.29) is 22.6 Å². The Balaban J connectivity index is 1.94. The number of benzene rings is 2. The number of aliphatic imine (C=N–C) groups is 1. The highest BCUT2D eigenvalue weighted by Crippen LogP contribution is 2.33. The fourth-order valence-electron chi connectivity index (χ4n) is 3.42. The smallest absolute Gasteiger partial charge is 0.267 e. The fraction of sp³-hybridized carbons (Fsp3) is 0.160. The zero-order valence-corrected chi connectivity index (χ0v) is 17.6. The molecule has 0 aliphatic heterocycles. The largest absolute Gasteiger partial charge is 0.506 e. The Labute approximate surface area is 179 Å². The lowest BCUT2D eigenvalue weighted by Gasteiger charge is -2.19. The van der Waals surface area contributed by atoms with Gasteiger partial charge in [-0.1, -0.05) is 51.1 Å². The Morgan fingerprint density at radius 3 is 2.35 bits per heavy atom. The molecule has 0 bridgehead atoms. The zero-order chi connectivity index (χ0) is 22.2. The number of fused-ring (bicyclic) bond motifs is 1. The van der Waals surface area contributed by atoms with Gasteiger partial charge in [0.1, 0.15) is 17.3 Å². The first-order valence-corrected chi connectivity index (χ1v) is 9.93.